The van der Waals surface area contributed by atoms with Gasteiger partial charge in [0.15, 0.2) is 0 Å². The van der Waals surface area contributed by atoms with Crippen LogP contribution in [0.3, 0.4) is 0 Å². The van der Waals surface area contributed by atoms with Crippen LogP contribution in [0.4, 0.5) is 0 Å². The molecule has 0 bridgehead atoms. The summed E-state index contributed by atoms with van der Waals surface area (Å²) in [5.74, 6) is 0.568. The van der Waals surface area contributed by atoms with Crippen LogP contribution in [0, 0.1) is 5.92 Å². The van der Waals surface area contributed by atoms with E-state index in [2.05, 4.69) is 51.0 Å². The van der Waals surface area contributed by atoms with Gasteiger partial charge in [-0.2, -0.15) is 0 Å². The molecule has 0 aromatic heterocycles. The summed E-state index contributed by atoms with van der Waals surface area (Å²) in [6.45, 7) is 5.14. The largest absolute Gasteiger partial charge is 0.352 e. The summed E-state index contributed by atoms with van der Waals surface area (Å²) in [6.07, 6.45) is 4.74. The van der Waals surface area contributed by atoms with Gasteiger partial charge in [-0.3, -0.25) is 4.79 Å². The van der Waals surface area contributed by atoms with E-state index in [-0.39, 0.29) is 5.91 Å². The van der Waals surface area contributed by atoms with Crippen LogP contribution in [0.2, 0.25) is 0 Å². The van der Waals surface area contributed by atoms with Gasteiger partial charge in [-0.1, -0.05) is 49.0 Å². The third-order valence-electron chi connectivity index (χ3n) is 3.27. The molecule has 1 atom stereocenters. The van der Waals surface area contributed by atoms with Crippen LogP contribution in [0.5, 0.6) is 0 Å². The highest BCUT2D eigenvalue weighted by Gasteiger charge is 2.12. The fraction of sp³-hybridized carbons (Fsp3) is 0.533. The second-order valence-corrected chi connectivity index (χ2v) is 6.52. The predicted molar refractivity (Wildman–Crippen MR) is 87.5 cm³/mol. The molecule has 0 aliphatic heterocycles. The number of amides is 1. The molecule has 2 nitrogen and oxygen atoms in total. The first-order valence-corrected chi connectivity index (χ1v) is 8.40. The minimum Gasteiger partial charge on any atom is -0.352 e. The second-order valence-electron chi connectivity index (χ2n) is 4.75. The molecule has 0 radical (unpaired) electrons. The van der Waals surface area contributed by atoms with Gasteiger partial charge in [0.1, 0.15) is 0 Å². The smallest absolute Gasteiger partial charge is 0.252 e. The van der Waals surface area contributed by atoms with Crippen molar-refractivity contribution < 1.29 is 4.79 Å². The molecule has 4 heteroatoms. The maximum Gasteiger partial charge on any atom is 0.252 e. The van der Waals surface area contributed by atoms with Crippen LogP contribution in [0.1, 0.15) is 49.9 Å². The molecule has 0 unspecified atom stereocenters. The van der Waals surface area contributed by atoms with E-state index in [1.807, 2.05) is 18.2 Å². The van der Waals surface area contributed by atoms with Gasteiger partial charge in [0, 0.05) is 15.5 Å². The van der Waals surface area contributed by atoms with E-state index in [9.17, 15) is 4.79 Å². The predicted octanol–water partition coefficient (Wildman–Crippen LogP) is 5.16. The van der Waals surface area contributed by atoms with Gasteiger partial charge in [-0.05, 0) is 46.5 Å². The zero-order chi connectivity index (χ0) is 14.3. The molecular weight excluding hydrogens is 370 g/mol. The number of halogens is 2. The van der Waals surface area contributed by atoms with Crippen molar-refractivity contribution in [3.8, 4) is 0 Å². The number of carbonyl (C=O) groups is 1. The molecule has 0 spiro atoms. The molecule has 19 heavy (non-hydrogen) atoms. The average molecular weight is 391 g/mol. The fourth-order valence-electron chi connectivity index (χ4n) is 1.95. The molecule has 0 saturated carbocycles. The Kier molecular flexibility index (Phi) is 7.69. The lowest BCUT2D eigenvalue weighted by atomic mass is 9.99. The summed E-state index contributed by atoms with van der Waals surface area (Å²) in [5, 5.41) is 3.04. The normalized spacial score (nSPS) is 12.2. The lowest BCUT2D eigenvalue weighted by Crippen LogP contribution is -2.29. The highest BCUT2D eigenvalue weighted by Crippen LogP contribution is 2.21. The minimum absolute atomic E-state index is 0.0110. The minimum atomic E-state index is -0.0110. The Morgan fingerprint density at radius 1 is 1.32 bits per heavy atom. The van der Waals surface area contributed by atoms with E-state index in [1.54, 1.807) is 0 Å². The maximum atomic E-state index is 12.1. The molecular formula is C15H21Br2NO. The zero-order valence-electron chi connectivity index (χ0n) is 11.5. The first-order valence-electron chi connectivity index (χ1n) is 6.81. The van der Waals surface area contributed by atoms with Crippen molar-refractivity contribution in [2.45, 2.75) is 39.5 Å². The van der Waals surface area contributed by atoms with Crippen molar-refractivity contribution in [2.75, 3.05) is 6.54 Å². The van der Waals surface area contributed by atoms with Crippen LogP contribution >= 0.6 is 31.9 Å². The highest BCUT2D eigenvalue weighted by atomic mass is 79.9. The van der Waals surface area contributed by atoms with Crippen LogP contribution < -0.4 is 5.32 Å². The number of hydrogen-bond acceptors (Lipinski definition) is 1. The van der Waals surface area contributed by atoms with Gasteiger partial charge in [0.25, 0.3) is 5.91 Å². The summed E-state index contributed by atoms with van der Waals surface area (Å²) in [6, 6.07) is 5.64. The first-order chi connectivity index (χ1) is 9.08. The van der Waals surface area contributed by atoms with Gasteiger partial charge >= 0.3 is 0 Å². The Bertz CT molecular complexity index is 421. The molecule has 0 saturated heterocycles. The van der Waals surface area contributed by atoms with Crippen molar-refractivity contribution in [1.82, 2.24) is 5.32 Å². The zero-order valence-corrected chi connectivity index (χ0v) is 14.7. The van der Waals surface area contributed by atoms with Gasteiger partial charge in [0.2, 0.25) is 0 Å². The standard InChI is InChI=1S/C15H21Br2NO/c1-3-5-6-11(4-2)10-18-15(19)13-9-12(16)7-8-14(13)17/h7-9,11H,3-6,10H2,1-2H3,(H,18,19)/t11-/m1/s1. The lowest BCUT2D eigenvalue weighted by Gasteiger charge is -2.15. The van der Waals surface area contributed by atoms with E-state index in [0.29, 0.717) is 11.5 Å². The van der Waals surface area contributed by atoms with E-state index in [0.717, 1.165) is 21.9 Å². The van der Waals surface area contributed by atoms with Gasteiger partial charge < -0.3 is 5.32 Å². The van der Waals surface area contributed by atoms with Crippen molar-refractivity contribution in [2.24, 2.45) is 5.92 Å². The maximum absolute atomic E-state index is 12.1. The number of nitrogens with one attached hydrogen (secondary N) is 1. The average Bonchev–Trinajstić information content (AvgIpc) is 2.41. The van der Waals surface area contributed by atoms with Crippen LogP contribution in [-0.4, -0.2) is 12.5 Å². The lowest BCUT2D eigenvalue weighted by molar-refractivity contribution is 0.0945. The molecule has 0 fully saturated rings. The van der Waals surface area contributed by atoms with Crippen molar-refractivity contribution in [1.29, 1.82) is 0 Å². The van der Waals surface area contributed by atoms with Crippen molar-refractivity contribution in [3.63, 3.8) is 0 Å². The molecule has 0 aliphatic carbocycles. The molecule has 1 aromatic rings. The monoisotopic (exact) mass is 389 g/mol. The Morgan fingerprint density at radius 3 is 2.68 bits per heavy atom. The third-order valence-corrected chi connectivity index (χ3v) is 4.45. The topological polar surface area (TPSA) is 29.1 Å². The van der Waals surface area contributed by atoms with Crippen LogP contribution in [0.25, 0.3) is 0 Å². The second kappa shape index (κ2) is 8.75. The van der Waals surface area contributed by atoms with Crippen LogP contribution in [0.15, 0.2) is 27.1 Å². The van der Waals surface area contributed by atoms with Gasteiger partial charge in [-0.15, -0.1) is 0 Å². The summed E-state index contributed by atoms with van der Waals surface area (Å²) < 4.78 is 1.74. The van der Waals surface area contributed by atoms with Crippen molar-refractivity contribution >= 4 is 37.8 Å². The summed E-state index contributed by atoms with van der Waals surface area (Å²) in [5.41, 5.74) is 0.680. The highest BCUT2D eigenvalue weighted by molar-refractivity contribution is 9.11. The van der Waals surface area contributed by atoms with E-state index in [1.165, 1.54) is 19.3 Å². The van der Waals surface area contributed by atoms with E-state index >= 15 is 0 Å². The Morgan fingerprint density at radius 2 is 2.05 bits per heavy atom. The molecule has 106 valence electrons. The third kappa shape index (κ3) is 5.65. The Hall–Kier alpha value is -0.350. The fourth-order valence-corrected chi connectivity index (χ4v) is 2.73. The number of carbonyl (C=O) groups excluding carboxylic acids is 1. The molecule has 1 N–H and O–H groups in total. The summed E-state index contributed by atoms with van der Waals surface area (Å²) in [4.78, 5) is 12.1. The molecule has 1 rings (SSSR count). The summed E-state index contributed by atoms with van der Waals surface area (Å²) >= 11 is 6.81. The first kappa shape index (κ1) is 16.7. The van der Waals surface area contributed by atoms with E-state index < -0.39 is 0 Å². The van der Waals surface area contributed by atoms with Crippen molar-refractivity contribution in [3.05, 3.63) is 32.7 Å². The molecule has 1 amide bonds. The van der Waals surface area contributed by atoms with Gasteiger partial charge in [0.05, 0.1) is 5.56 Å². The van der Waals surface area contributed by atoms with E-state index in [4.69, 9.17) is 0 Å². The van der Waals surface area contributed by atoms with Crippen LogP contribution in [-0.2, 0) is 0 Å². The summed E-state index contributed by atoms with van der Waals surface area (Å²) in [7, 11) is 0. The number of benzene rings is 1. The SMILES string of the molecule is CCCC[C@@H](CC)CNC(=O)c1cc(Br)ccc1Br. The molecule has 0 aliphatic rings. The Labute approximate surface area is 132 Å². The number of rotatable bonds is 7. The molecule has 1 aromatic carbocycles. The quantitative estimate of drug-likeness (QED) is 0.684. The number of unbranched alkanes of at least 4 members (excludes halogenated alkanes) is 1. The Balaban J connectivity index is 2.56. The van der Waals surface area contributed by atoms with Gasteiger partial charge in [-0.25, -0.2) is 0 Å². The molecule has 0 heterocycles. The number of hydrogen-bond donors (Lipinski definition) is 1.